The molecule has 2 aromatic rings. The zero-order chi connectivity index (χ0) is 14.7. The summed E-state index contributed by atoms with van der Waals surface area (Å²) in [5.74, 6) is 6.54. The molecule has 20 heavy (non-hydrogen) atoms. The Hall–Kier alpha value is -2.17. The summed E-state index contributed by atoms with van der Waals surface area (Å²) >= 11 is 3.32. The van der Waals surface area contributed by atoms with Gasteiger partial charge in [0, 0.05) is 0 Å². The normalized spacial score (nSPS) is 9.95. The van der Waals surface area contributed by atoms with Crippen molar-refractivity contribution in [1.82, 2.24) is 9.97 Å². The van der Waals surface area contributed by atoms with Gasteiger partial charge in [-0.2, -0.15) is 10.2 Å². The first-order valence-electron chi connectivity index (χ1n) is 5.73. The van der Waals surface area contributed by atoms with E-state index in [1.165, 1.54) is 0 Å². The van der Waals surface area contributed by atoms with Crippen molar-refractivity contribution < 1.29 is 4.74 Å². The molecule has 102 valence electrons. The number of hydrazine groups is 1. The summed E-state index contributed by atoms with van der Waals surface area (Å²) in [7, 11) is 0. The molecule has 0 aliphatic rings. The molecule has 1 aromatic heterocycles. The Kier molecular flexibility index (Phi) is 4.17. The van der Waals surface area contributed by atoms with Crippen LogP contribution in [0.2, 0.25) is 0 Å². The predicted molar refractivity (Wildman–Crippen MR) is 78.2 cm³/mol. The second kappa shape index (κ2) is 5.86. The van der Waals surface area contributed by atoms with Gasteiger partial charge in [-0.1, -0.05) is 0 Å². The molecule has 0 saturated heterocycles. The van der Waals surface area contributed by atoms with Crippen molar-refractivity contribution in [3.8, 4) is 17.7 Å². The summed E-state index contributed by atoms with van der Waals surface area (Å²) < 4.78 is 6.42. The molecule has 0 radical (unpaired) electrons. The minimum Gasteiger partial charge on any atom is -0.437 e. The second-order valence-electron chi connectivity index (χ2n) is 4.14. The number of hydrogen-bond donors (Lipinski definition) is 2. The van der Waals surface area contributed by atoms with Crippen LogP contribution in [-0.4, -0.2) is 9.97 Å². The standard InChI is InChI=1S/C13H12BrN5O/c1-7-3-9(5-15)4-8(2)11(7)20-12-10(14)6-17-13(18-12)19-16/h3-4,6H,16H2,1-2H3,(H,17,18,19). The molecule has 0 aliphatic heterocycles. The van der Waals surface area contributed by atoms with Crippen LogP contribution in [0.1, 0.15) is 16.7 Å². The Balaban J connectivity index is 2.43. The van der Waals surface area contributed by atoms with E-state index in [1.54, 1.807) is 18.3 Å². The maximum atomic E-state index is 8.94. The molecule has 0 saturated carbocycles. The van der Waals surface area contributed by atoms with Crippen LogP contribution in [0.25, 0.3) is 0 Å². The first-order valence-corrected chi connectivity index (χ1v) is 6.52. The van der Waals surface area contributed by atoms with E-state index in [0.29, 0.717) is 21.7 Å². The first kappa shape index (κ1) is 14.2. The van der Waals surface area contributed by atoms with E-state index in [9.17, 15) is 0 Å². The number of aromatic nitrogens is 2. The number of hydrogen-bond acceptors (Lipinski definition) is 6. The quantitative estimate of drug-likeness (QED) is 0.662. The monoisotopic (exact) mass is 333 g/mol. The molecule has 0 aliphatic carbocycles. The Morgan fingerprint density at radius 2 is 2.00 bits per heavy atom. The average Bonchev–Trinajstić information content (AvgIpc) is 2.44. The zero-order valence-corrected chi connectivity index (χ0v) is 12.5. The van der Waals surface area contributed by atoms with Gasteiger partial charge in [0.15, 0.2) is 0 Å². The van der Waals surface area contributed by atoms with Gasteiger partial charge >= 0.3 is 0 Å². The van der Waals surface area contributed by atoms with Crippen molar-refractivity contribution in [1.29, 1.82) is 5.26 Å². The van der Waals surface area contributed by atoms with E-state index in [0.717, 1.165) is 11.1 Å². The van der Waals surface area contributed by atoms with E-state index in [4.69, 9.17) is 15.8 Å². The molecular formula is C13H12BrN5O. The number of anilines is 1. The summed E-state index contributed by atoms with van der Waals surface area (Å²) in [4.78, 5) is 8.08. The van der Waals surface area contributed by atoms with E-state index in [2.05, 4.69) is 37.4 Å². The van der Waals surface area contributed by atoms with Crippen molar-refractivity contribution in [3.05, 3.63) is 39.5 Å². The highest BCUT2D eigenvalue weighted by Gasteiger charge is 2.12. The van der Waals surface area contributed by atoms with E-state index < -0.39 is 0 Å². The number of rotatable bonds is 3. The minimum absolute atomic E-state index is 0.257. The average molecular weight is 334 g/mol. The van der Waals surface area contributed by atoms with Gasteiger partial charge in [-0.05, 0) is 53.0 Å². The Labute approximate surface area is 124 Å². The number of halogens is 1. The molecule has 0 spiro atoms. The number of aryl methyl sites for hydroxylation is 2. The Morgan fingerprint density at radius 3 is 2.55 bits per heavy atom. The maximum Gasteiger partial charge on any atom is 0.240 e. The lowest BCUT2D eigenvalue weighted by Gasteiger charge is -2.12. The van der Waals surface area contributed by atoms with Gasteiger partial charge in [0.05, 0.1) is 22.3 Å². The number of nitrogen functional groups attached to an aromatic ring is 1. The van der Waals surface area contributed by atoms with Gasteiger partial charge in [0.25, 0.3) is 0 Å². The molecule has 2 rings (SSSR count). The van der Waals surface area contributed by atoms with Crippen LogP contribution >= 0.6 is 15.9 Å². The van der Waals surface area contributed by atoms with Crippen molar-refractivity contribution in [2.75, 3.05) is 5.43 Å². The molecule has 1 heterocycles. The number of nitrogens with one attached hydrogen (secondary N) is 1. The van der Waals surface area contributed by atoms with Crippen molar-refractivity contribution in [3.63, 3.8) is 0 Å². The minimum atomic E-state index is 0.257. The van der Waals surface area contributed by atoms with Gasteiger partial charge in [-0.3, -0.25) is 5.43 Å². The highest BCUT2D eigenvalue weighted by atomic mass is 79.9. The number of benzene rings is 1. The summed E-state index contributed by atoms with van der Waals surface area (Å²) in [6.07, 6.45) is 1.55. The van der Waals surface area contributed by atoms with E-state index in [1.807, 2.05) is 13.8 Å². The molecule has 6 nitrogen and oxygen atoms in total. The molecular weight excluding hydrogens is 322 g/mol. The fourth-order valence-electron chi connectivity index (χ4n) is 1.77. The highest BCUT2D eigenvalue weighted by molar-refractivity contribution is 9.10. The summed E-state index contributed by atoms with van der Waals surface area (Å²) in [5, 5.41) is 8.94. The number of nitrogens with zero attached hydrogens (tertiary/aromatic N) is 3. The first-order chi connectivity index (χ1) is 9.55. The SMILES string of the molecule is Cc1cc(C#N)cc(C)c1Oc1nc(NN)ncc1Br. The van der Waals surface area contributed by atoms with Crippen LogP contribution in [-0.2, 0) is 0 Å². The smallest absolute Gasteiger partial charge is 0.240 e. The van der Waals surface area contributed by atoms with Crippen LogP contribution in [0.3, 0.4) is 0 Å². The highest BCUT2D eigenvalue weighted by Crippen LogP contribution is 2.32. The van der Waals surface area contributed by atoms with Crippen LogP contribution in [0, 0.1) is 25.2 Å². The van der Waals surface area contributed by atoms with Gasteiger partial charge in [-0.15, -0.1) is 0 Å². The Morgan fingerprint density at radius 1 is 1.35 bits per heavy atom. The summed E-state index contributed by atoms with van der Waals surface area (Å²) in [6, 6.07) is 5.64. The fraction of sp³-hybridized carbons (Fsp3) is 0.154. The number of nitrogens with two attached hydrogens (primary N) is 1. The van der Waals surface area contributed by atoms with Crippen LogP contribution in [0.5, 0.6) is 11.6 Å². The zero-order valence-electron chi connectivity index (χ0n) is 10.9. The third kappa shape index (κ3) is 2.87. The topological polar surface area (TPSA) is 96.8 Å². The lowest BCUT2D eigenvalue weighted by Crippen LogP contribution is -2.10. The predicted octanol–water partition coefficient (Wildman–Crippen LogP) is 2.81. The molecule has 7 heteroatoms. The summed E-state index contributed by atoms with van der Waals surface area (Å²) in [5.41, 5.74) is 4.67. The second-order valence-corrected chi connectivity index (χ2v) is 5.00. The van der Waals surface area contributed by atoms with Crippen molar-refractivity contribution in [2.24, 2.45) is 5.84 Å². The molecule has 0 fully saturated rings. The lowest BCUT2D eigenvalue weighted by atomic mass is 10.1. The van der Waals surface area contributed by atoms with Crippen LogP contribution in [0.4, 0.5) is 5.95 Å². The third-order valence-electron chi connectivity index (χ3n) is 2.63. The fourth-order valence-corrected chi connectivity index (χ4v) is 2.04. The van der Waals surface area contributed by atoms with Gasteiger partial charge in [0.1, 0.15) is 5.75 Å². The maximum absolute atomic E-state index is 8.94. The molecule has 0 bridgehead atoms. The molecule has 0 unspecified atom stereocenters. The number of nitriles is 1. The van der Waals surface area contributed by atoms with Crippen LogP contribution < -0.4 is 16.0 Å². The van der Waals surface area contributed by atoms with E-state index >= 15 is 0 Å². The lowest BCUT2D eigenvalue weighted by molar-refractivity contribution is 0.452. The summed E-state index contributed by atoms with van der Waals surface area (Å²) in [6.45, 7) is 3.75. The molecule has 0 atom stereocenters. The van der Waals surface area contributed by atoms with E-state index in [-0.39, 0.29) is 5.95 Å². The van der Waals surface area contributed by atoms with Gasteiger partial charge in [0.2, 0.25) is 11.8 Å². The van der Waals surface area contributed by atoms with Crippen molar-refractivity contribution >= 4 is 21.9 Å². The van der Waals surface area contributed by atoms with Gasteiger partial charge < -0.3 is 4.74 Å². The molecule has 0 amide bonds. The molecule has 1 aromatic carbocycles. The van der Waals surface area contributed by atoms with Crippen LogP contribution in [0.15, 0.2) is 22.8 Å². The van der Waals surface area contributed by atoms with Crippen molar-refractivity contribution in [2.45, 2.75) is 13.8 Å². The van der Waals surface area contributed by atoms with Gasteiger partial charge in [-0.25, -0.2) is 10.8 Å². The number of ether oxygens (including phenoxy) is 1. The Bertz CT molecular complexity index is 673. The third-order valence-corrected chi connectivity index (χ3v) is 3.17. The largest absolute Gasteiger partial charge is 0.437 e. The molecule has 3 N–H and O–H groups in total.